The molecule has 0 saturated heterocycles. The highest BCUT2D eigenvalue weighted by atomic mass is 15.0. The molecule has 0 bridgehead atoms. The van der Waals surface area contributed by atoms with Gasteiger partial charge in [-0.1, -0.05) is 6.92 Å². The smallest absolute Gasteiger partial charge is 0.127 e. The lowest BCUT2D eigenvalue weighted by atomic mass is 10.2. The number of hydrogen-bond donors (Lipinski definition) is 2. The minimum absolute atomic E-state index is 0.381. The summed E-state index contributed by atoms with van der Waals surface area (Å²) >= 11 is 0. The summed E-state index contributed by atoms with van der Waals surface area (Å²) in [5, 5.41) is 6.61. The van der Waals surface area contributed by atoms with Gasteiger partial charge >= 0.3 is 0 Å². The van der Waals surface area contributed by atoms with E-state index in [0.29, 0.717) is 5.54 Å². The number of anilines is 2. The van der Waals surface area contributed by atoms with E-state index in [1.54, 1.807) is 0 Å². The highest BCUT2D eigenvalue weighted by Crippen LogP contribution is 2.41. The molecule has 14 heavy (non-hydrogen) atoms. The van der Waals surface area contributed by atoms with Crippen molar-refractivity contribution in [2.45, 2.75) is 31.7 Å². The predicted octanol–water partition coefficient (Wildman–Crippen LogP) is 2.48. The Kier molecular flexibility index (Phi) is 2.32. The second-order valence-corrected chi connectivity index (χ2v) is 3.94. The van der Waals surface area contributed by atoms with Gasteiger partial charge in [0.2, 0.25) is 0 Å². The number of nitrogens with zero attached hydrogens (tertiary/aromatic N) is 1. The summed E-state index contributed by atoms with van der Waals surface area (Å²) in [5.41, 5.74) is 1.55. The zero-order valence-corrected chi connectivity index (χ0v) is 8.80. The van der Waals surface area contributed by atoms with E-state index >= 15 is 0 Å². The van der Waals surface area contributed by atoms with Gasteiger partial charge < -0.3 is 10.6 Å². The summed E-state index contributed by atoms with van der Waals surface area (Å²) < 4.78 is 0. The Morgan fingerprint density at radius 3 is 2.86 bits per heavy atom. The molecule has 1 aliphatic rings. The zero-order chi connectivity index (χ0) is 10.0. The summed E-state index contributed by atoms with van der Waals surface area (Å²) in [6.45, 7) is 2.24. The molecule has 0 unspecified atom stereocenters. The van der Waals surface area contributed by atoms with Crippen LogP contribution in [0.5, 0.6) is 0 Å². The molecule has 1 fully saturated rings. The average Bonchev–Trinajstić information content (AvgIpc) is 2.99. The van der Waals surface area contributed by atoms with E-state index in [-0.39, 0.29) is 0 Å². The second kappa shape index (κ2) is 3.48. The maximum atomic E-state index is 4.18. The molecule has 0 radical (unpaired) electrons. The first-order valence-corrected chi connectivity index (χ1v) is 5.20. The van der Waals surface area contributed by atoms with Gasteiger partial charge in [-0.3, -0.25) is 0 Å². The molecule has 0 aliphatic heterocycles. The van der Waals surface area contributed by atoms with Gasteiger partial charge in [0, 0.05) is 30.5 Å². The largest absolute Gasteiger partial charge is 0.379 e. The van der Waals surface area contributed by atoms with Crippen LogP contribution in [-0.2, 0) is 0 Å². The Labute approximate surface area is 84.9 Å². The fraction of sp³-hybridized carbons (Fsp3) is 0.545. The van der Waals surface area contributed by atoms with E-state index in [1.807, 2.05) is 19.3 Å². The molecular weight excluding hydrogens is 174 g/mol. The van der Waals surface area contributed by atoms with Gasteiger partial charge in [0.25, 0.3) is 0 Å². The molecular formula is C11H17N3. The molecule has 0 spiro atoms. The van der Waals surface area contributed by atoms with Crippen molar-refractivity contribution in [2.75, 3.05) is 17.7 Å². The van der Waals surface area contributed by atoms with Gasteiger partial charge in [-0.05, 0) is 25.3 Å². The van der Waals surface area contributed by atoms with Crippen LogP contribution in [0.3, 0.4) is 0 Å². The summed E-state index contributed by atoms with van der Waals surface area (Å²) in [5.74, 6) is 0.918. The quantitative estimate of drug-likeness (QED) is 0.767. The van der Waals surface area contributed by atoms with Crippen molar-refractivity contribution in [2.24, 2.45) is 0 Å². The lowest BCUT2D eigenvalue weighted by Crippen LogP contribution is -2.19. The molecule has 76 valence electrons. The highest BCUT2D eigenvalue weighted by molar-refractivity contribution is 5.54. The molecule has 1 aliphatic carbocycles. The SMILES string of the molecule is CCC1(Nc2ccnc(NC)c2)CC1. The Morgan fingerprint density at radius 2 is 2.29 bits per heavy atom. The minimum Gasteiger partial charge on any atom is -0.379 e. The second-order valence-electron chi connectivity index (χ2n) is 3.94. The first-order chi connectivity index (χ1) is 6.78. The summed E-state index contributed by atoms with van der Waals surface area (Å²) in [4.78, 5) is 4.18. The van der Waals surface area contributed by atoms with Crippen molar-refractivity contribution in [3.63, 3.8) is 0 Å². The van der Waals surface area contributed by atoms with Gasteiger partial charge in [-0.15, -0.1) is 0 Å². The number of rotatable bonds is 4. The molecule has 2 N–H and O–H groups in total. The summed E-state index contributed by atoms with van der Waals surface area (Å²) in [6.07, 6.45) is 5.62. The van der Waals surface area contributed by atoms with Gasteiger partial charge in [0.15, 0.2) is 0 Å². The number of hydrogen-bond acceptors (Lipinski definition) is 3. The van der Waals surface area contributed by atoms with Crippen LogP contribution >= 0.6 is 0 Å². The van der Waals surface area contributed by atoms with E-state index < -0.39 is 0 Å². The lowest BCUT2D eigenvalue weighted by Gasteiger charge is -2.16. The van der Waals surface area contributed by atoms with Gasteiger partial charge in [0.1, 0.15) is 5.82 Å². The van der Waals surface area contributed by atoms with Crippen LogP contribution in [0.15, 0.2) is 18.3 Å². The third-order valence-corrected chi connectivity index (χ3v) is 2.96. The first-order valence-electron chi connectivity index (χ1n) is 5.20. The fourth-order valence-corrected chi connectivity index (χ4v) is 1.67. The van der Waals surface area contributed by atoms with Gasteiger partial charge in [0.05, 0.1) is 0 Å². The number of aromatic nitrogens is 1. The maximum absolute atomic E-state index is 4.18. The van der Waals surface area contributed by atoms with Crippen molar-refractivity contribution >= 4 is 11.5 Å². The van der Waals surface area contributed by atoms with Gasteiger partial charge in [-0.25, -0.2) is 4.98 Å². The lowest BCUT2D eigenvalue weighted by molar-refractivity contribution is 0.702. The Balaban J connectivity index is 2.09. The number of pyridine rings is 1. The van der Waals surface area contributed by atoms with Crippen molar-refractivity contribution in [3.8, 4) is 0 Å². The Morgan fingerprint density at radius 1 is 1.50 bits per heavy atom. The third kappa shape index (κ3) is 1.81. The van der Waals surface area contributed by atoms with Crippen molar-refractivity contribution in [3.05, 3.63) is 18.3 Å². The van der Waals surface area contributed by atoms with Crippen molar-refractivity contribution in [1.82, 2.24) is 4.98 Å². The van der Waals surface area contributed by atoms with Crippen LogP contribution in [0.4, 0.5) is 11.5 Å². The van der Waals surface area contributed by atoms with E-state index in [2.05, 4.69) is 28.6 Å². The first kappa shape index (κ1) is 9.31. The van der Waals surface area contributed by atoms with E-state index in [1.165, 1.54) is 24.9 Å². The zero-order valence-electron chi connectivity index (χ0n) is 8.80. The summed E-state index contributed by atoms with van der Waals surface area (Å²) in [6, 6.07) is 4.08. The molecule has 1 aromatic heterocycles. The predicted molar refractivity (Wildman–Crippen MR) is 59.7 cm³/mol. The molecule has 3 heteroatoms. The highest BCUT2D eigenvalue weighted by Gasteiger charge is 2.40. The van der Waals surface area contributed by atoms with Crippen LogP contribution in [0.1, 0.15) is 26.2 Å². The molecule has 0 amide bonds. The molecule has 1 heterocycles. The Hall–Kier alpha value is -1.25. The average molecular weight is 191 g/mol. The van der Waals surface area contributed by atoms with E-state index in [9.17, 15) is 0 Å². The molecule has 0 aromatic carbocycles. The normalized spacial score (nSPS) is 17.6. The molecule has 0 atom stereocenters. The molecule has 1 saturated carbocycles. The van der Waals surface area contributed by atoms with Crippen molar-refractivity contribution < 1.29 is 0 Å². The third-order valence-electron chi connectivity index (χ3n) is 2.96. The van der Waals surface area contributed by atoms with Crippen LogP contribution in [0.25, 0.3) is 0 Å². The molecule has 2 rings (SSSR count). The fourth-order valence-electron chi connectivity index (χ4n) is 1.67. The summed E-state index contributed by atoms with van der Waals surface area (Å²) in [7, 11) is 1.89. The monoisotopic (exact) mass is 191 g/mol. The van der Waals surface area contributed by atoms with Crippen LogP contribution in [0, 0.1) is 0 Å². The van der Waals surface area contributed by atoms with Gasteiger partial charge in [-0.2, -0.15) is 0 Å². The Bertz CT molecular complexity index is 318. The van der Waals surface area contributed by atoms with Crippen molar-refractivity contribution in [1.29, 1.82) is 0 Å². The standard InChI is InChI=1S/C11H17N3/c1-3-11(5-6-11)14-9-4-7-13-10(8-9)12-2/h4,7-8H,3,5-6H2,1-2H3,(H2,12,13,14). The van der Waals surface area contributed by atoms with E-state index in [0.717, 1.165) is 5.82 Å². The number of nitrogens with one attached hydrogen (secondary N) is 2. The molecule has 3 nitrogen and oxygen atoms in total. The maximum Gasteiger partial charge on any atom is 0.127 e. The van der Waals surface area contributed by atoms with E-state index in [4.69, 9.17) is 0 Å². The topological polar surface area (TPSA) is 37.0 Å². The van der Waals surface area contributed by atoms with Crippen LogP contribution in [-0.4, -0.2) is 17.6 Å². The minimum atomic E-state index is 0.381. The van der Waals surface area contributed by atoms with Crippen LogP contribution < -0.4 is 10.6 Å². The van der Waals surface area contributed by atoms with Crippen LogP contribution in [0.2, 0.25) is 0 Å². The molecule has 1 aromatic rings.